The van der Waals surface area contributed by atoms with Crippen molar-refractivity contribution in [1.82, 2.24) is 14.1 Å². The monoisotopic (exact) mass is 495 g/mol. The number of carbonyl (C=O) groups excluding carboxylic acids is 1. The lowest BCUT2D eigenvalue weighted by atomic mass is 10.1. The van der Waals surface area contributed by atoms with Crippen molar-refractivity contribution >= 4 is 27.5 Å². The van der Waals surface area contributed by atoms with Crippen molar-refractivity contribution in [2.45, 2.75) is 11.4 Å². The van der Waals surface area contributed by atoms with Gasteiger partial charge in [0.25, 0.3) is 0 Å². The van der Waals surface area contributed by atoms with Crippen molar-refractivity contribution in [2.24, 2.45) is 0 Å². The molecule has 0 atom stereocenters. The van der Waals surface area contributed by atoms with Crippen LogP contribution >= 0.6 is 11.6 Å². The third-order valence-corrected chi connectivity index (χ3v) is 7.80. The summed E-state index contributed by atoms with van der Waals surface area (Å²) in [5, 5.41) is 0.271. The van der Waals surface area contributed by atoms with Gasteiger partial charge in [0.2, 0.25) is 22.7 Å². The maximum Gasteiger partial charge on any atom is 0.247 e. The summed E-state index contributed by atoms with van der Waals surface area (Å²) in [7, 11) is -1.19. The summed E-state index contributed by atoms with van der Waals surface area (Å²) in [6.07, 6.45) is 0. The van der Waals surface area contributed by atoms with E-state index in [0.717, 1.165) is 27.9 Å². The van der Waals surface area contributed by atoms with Gasteiger partial charge < -0.3 is 19.1 Å². The highest BCUT2D eigenvalue weighted by Gasteiger charge is 2.29. The normalized spacial score (nSPS) is 16.3. The molecule has 2 aliphatic heterocycles. The Morgan fingerprint density at radius 3 is 2.55 bits per heavy atom. The van der Waals surface area contributed by atoms with Crippen molar-refractivity contribution in [2.75, 3.05) is 53.7 Å². The Morgan fingerprint density at radius 2 is 1.82 bits per heavy atom. The number of hydrogen-bond acceptors (Lipinski definition) is 7. The van der Waals surface area contributed by atoms with E-state index in [1.54, 1.807) is 11.0 Å². The summed E-state index contributed by atoms with van der Waals surface area (Å²) in [4.78, 5) is 16.7. The fourth-order valence-corrected chi connectivity index (χ4v) is 5.38. The van der Waals surface area contributed by atoms with Gasteiger partial charge in [0.1, 0.15) is 10.6 Å². The Morgan fingerprint density at radius 1 is 1.09 bits per heavy atom. The number of nitrogens with zero attached hydrogens (tertiary/aromatic N) is 3. The van der Waals surface area contributed by atoms with E-state index in [9.17, 15) is 13.2 Å². The minimum absolute atomic E-state index is 0.0682. The number of methoxy groups -OCH3 is 1. The van der Waals surface area contributed by atoms with E-state index in [4.69, 9.17) is 25.8 Å². The number of carbonyl (C=O) groups is 1. The molecule has 0 spiro atoms. The van der Waals surface area contributed by atoms with Crippen molar-refractivity contribution in [3.63, 3.8) is 0 Å². The van der Waals surface area contributed by atoms with Crippen LogP contribution in [0.3, 0.4) is 0 Å². The van der Waals surface area contributed by atoms with E-state index in [0.29, 0.717) is 26.2 Å². The molecule has 0 saturated carbocycles. The molecule has 0 unspecified atom stereocenters. The fraction of sp³-hybridized carbons (Fsp3) is 0.409. The first kappa shape index (κ1) is 23.6. The zero-order chi connectivity index (χ0) is 23.6. The maximum absolute atomic E-state index is 13.0. The second-order valence-electron chi connectivity index (χ2n) is 7.90. The van der Waals surface area contributed by atoms with Gasteiger partial charge in [-0.3, -0.25) is 9.69 Å². The van der Waals surface area contributed by atoms with Crippen LogP contribution in [-0.2, 0) is 21.4 Å². The SMILES string of the molecule is COc1ccc(Cl)cc1S(=O)(=O)N(C)CC(=O)N1CCN(Cc2ccc3c(c2)OCO3)CC1. The molecule has 2 aliphatic rings. The third kappa shape index (κ3) is 5.19. The quantitative estimate of drug-likeness (QED) is 0.580. The first-order chi connectivity index (χ1) is 15.8. The summed E-state index contributed by atoms with van der Waals surface area (Å²) < 4.78 is 43.0. The van der Waals surface area contributed by atoms with Crippen molar-refractivity contribution in [1.29, 1.82) is 0 Å². The van der Waals surface area contributed by atoms with E-state index in [2.05, 4.69) is 4.90 Å². The van der Waals surface area contributed by atoms with Crippen LogP contribution < -0.4 is 14.2 Å². The minimum atomic E-state index is -3.95. The molecule has 2 aromatic carbocycles. The number of fused-ring (bicyclic) bond motifs is 1. The molecule has 1 amide bonds. The van der Waals surface area contributed by atoms with Crippen LogP contribution in [0.5, 0.6) is 17.2 Å². The fourth-order valence-electron chi connectivity index (χ4n) is 3.85. The van der Waals surface area contributed by atoms with Gasteiger partial charge in [0.15, 0.2) is 11.5 Å². The molecule has 33 heavy (non-hydrogen) atoms. The van der Waals surface area contributed by atoms with Gasteiger partial charge in [-0.15, -0.1) is 0 Å². The van der Waals surface area contributed by atoms with Crippen molar-refractivity contribution in [3.05, 3.63) is 47.0 Å². The van der Waals surface area contributed by atoms with Gasteiger partial charge in [-0.1, -0.05) is 17.7 Å². The molecule has 0 N–H and O–H groups in total. The zero-order valence-electron chi connectivity index (χ0n) is 18.5. The summed E-state index contributed by atoms with van der Waals surface area (Å²) in [6, 6.07) is 10.3. The van der Waals surface area contributed by atoms with Crippen LogP contribution in [0, 0.1) is 0 Å². The molecule has 9 nitrogen and oxygen atoms in total. The lowest BCUT2D eigenvalue weighted by molar-refractivity contribution is -0.133. The first-order valence-electron chi connectivity index (χ1n) is 10.5. The Balaban J connectivity index is 1.33. The molecule has 0 bridgehead atoms. The van der Waals surface area contributed by atoms with Crippen LogP contribution in [0.2, 0.25) is 5.02 Å². The lowest BCUT2D eigenvalue weighted by Crippen LogP contribution is -2.51. The largest absolute Gasteiger partial charge is 0.495 e. The van der Waals surface area contributed by atoms with E-state index in [-0.39, 0.29) is 34.9 Å². The van der Waals surface area contributed by atoms with Gasteiger partial charge in [-0.25, -0.2) is 8.42 Å². The summed E-state index contributed by atoms with van der Waals surface area (Å²) in [5.74, 6) is 1.44. The number of hydrogen-bond donors (Lipinski definition) is 0. The molecule has 0 radical (unpaired) electrons. The smallest absolute Gasteiger partial charge is 0.247 e. The lowest BCUT2D eigenvalue weighted by Gasteiger charge is -2.35. The number of ether oxygens (including phenoxy) is 3. The third-order valence-electron chi connectivity index (χ3n) is 5.74. The predicted octanol–water partition coefficient (Wildman–Crippen LogP) is 2.04. The molecule has 0 aliphatic carbocycles. The second-order valence-corrected chi connectivity index (χ2v) is 10.4. The first-order valence-corrected chi connectivity index (χ1v) is 12.3. The maximum atomic E-state index is 13.0. The van der Waals surface area contributed by atoms with Crippen LogP contribution in [0.1, 0.15) is 5.56 Å². The van der Waals surface area contributed by atoms with Crippen LogP contribution in [0.4, 0.5) is 0 Å². The van der Waals surface area contributed by atoms with Crippen molar-refractivity contribution < 1.29 is 27.4 Å². The Hall–Kier alpha value is -2.53. The van der Waals surface area contributed by atoms with Gasteiger partial charge in [-0.05, 0) is 35.9 Å². The molecule has 0 aromatic heterocycles. The average molecular weight is 496 g/mol. The minimum Gasteiger partial charge on any atom is -0.495 e. The average Bonchev–Trinajstić information content (AvgIpc) is 3.27. The highest BCUT2D eigenvalue weighted by molar-refractivity contribution is 7.89. The molecule has 1 fully saturated rings. The number of sulfonamides is 1. The number of rotatable bonds is 7. The molecule has 1 saturated heterocycles. The van der Waals surface area contributed by atoms with Crippen LogP contribution in [0.15, 0.2) is 41.3 Å². The Labute approximate surface area is 198 Å². The second kappa shape index (κ2) is 9.76. The Kier molecular flexibility index (Phi) is 6.99. The van der Waals surface area contributed by atoms with E-state index in [1.165, 1.54) is 26.3 Å². The molecule has 4 rings (SSSR count). The standard InChI is InChI=1S/C22H26ClN3O6S/c1-24(33(28,29)21-12-17(23)4-6-19(21)30-2)14-22(27)26-9-7-25(8-10-26)13-16-3-5-18-20(11-16)32-15-31-18/h3-6,11-12H,7-10,13-15H2,1-2H3. The summed E-state index contributed by atoms with van der Waals surface area (Å²) in [6.45, 7) is 3.16. The highest BCUT2D eigenvalue weighted by atomic mass is 35.5. The van der Waals surface area contributed by atoms with Crippen molar-refractivity contribution in [3.8, 4) is 17.2 Å². The number of amides is 1. The number of likely N-dealkylation sites (N-methyl/N-ethyl adjacent to an activating group) is 1. The Bertz CT molecular complexity index is 1130. The molecule has 11 heteroatoms. The zero-order valence-corrected chi connectivity index (χ0v) is 20.1. The molecule has 2 aromatic rings. The molecule has 178 valence electrons. The van der Waals surface area contributed by atoms with Gasteiger partial charge in [0.05, 0.1) is 13.7 Å². The van der Waals surface area contributed by atoms with Crippen LogP contribution in [-0.4, -0.2) is 82.1 Å². The van der Waals surface area contributed by atoms with Gasteiger partial charge >= 0.3 is 0 Å². The topological polar surface area (TPSA) is 88.6 Å². The van der Waals surface area contributed by atoms with E-state index >= 15 is 0 Å². The van der Waals surface area contributed by atoms with Gasteiger partial charge in [-0.2, -0.15) is 4.31 Å². The predicted molar refractivity (Wildman–Crippen MR) is 122 cm³/mol. The number of benzene rings is 2. The van der Waals surface area contributed by atoms with Gasteiger partial charge in [0, 0.05) is 44.8 Å². The summed E-state index contributed by atoms with van der Waals surface area (Å²) in [5.41, 5.74) is 1.11. The van der Waals surface area contributed by atoms with E-state index in [1.807, 2.05) is 18.2 Å². The summed E-state index contributed by atoms with van der Waals surface area (Å²) >= 11 is 5.98. The van der Waals surface area contributed by atoms with Crippen LogP contribution in [0.25, 0.3) is 0 Å². The molecular formula is C22H26ClN3O6S. The highest BCUT2D eigenvalue weighted by Crippen LogP contribution is 2.33. The van der Waals surface area contributed by atoms with E-state index < -0.39 is 10.0 Å². The number of halogens is 1. The molecular weight excluding hydrogens is 470 g/mol. The molecule has 2 heterocycles. The number of piperazine rings is 1.